The summed E-state index contributed by atoms with van der Waals surface area (Å²) >= 11 is 0. The molecule has 4 heteroatoms. The summed E-state index contributed by atoms with van der Waals surface area (Å²) in [4.78, 5) is 12.7. The smallest absolute Gasteiger partial charge is 0.323 e. The lowest BCUT2D eigenvalue weighted by molar-refractivity contribution is -0.147. The van der Waals surface area contributed by atoms with E-state index in [9.17, 15) is 9.90 Å². The number of aromatic hydroxyl groups is 1. The lowest BCUT2D eigenvalue weighted by Crippen LogP contribution is -2.40. The van der Waals surface area contributed by atoms with Crippen LogP contribution in [-0.4, -0.2) is 23.7 Å². The number of hydrogen-bond acceptors (Lipinski definition) is 4. The number of aryl methyl sites for hydroxylation is 1. The molecule has 0 saturated carbocycles. The van der Waals surface area contributed by atoms with Gasteiger partial charge in [-0.05, 0) is 54.6 Å². The van der Waals surface area contributed by atoms with Crippen molar-refractivity contribution in [2.24, 2.45) is 0 Å². The summed E-state index contributed by atoms with van der Waals surface area (Å²) in [6.45, 7) is 0.982. The van der Waals surface area contributed by atoms with Crippen molar-refractivity contribution >= 4 is 5.97 Å². The molecule has 0 heterocycles. The first-order chi connectivity index (χ1) is 14.2. The fraction of sp³-hybridized carbons (Fsp3) is 0.240. The topological polar surface area (TPSA) is 58.6 Å². The number of benzene rings is 3. The van der Waals surface area contributed by atoms with Crippen LogP contribution in [0.15, 0.2) is 84.9 Å². The number of carbonyl (C=O) groups is 1. The molecule has 0 aliphatic carbocycles. The average Bonchev–Trinajstić information content (AvgIpc) is 2.77. The zero-order chi connectivity index (χ0) is 20.3. The van der Waals surface area contributed by atoms with Gasteiger partial charge in [0, 0.05) is 0 Å². The summed E-state index contributed by atoms with van der Waals surface area (Å²) in [5, 5.41) is 12.8. The summed E-state index contributed by atoms with van der Waals surface area (Å²) in [6, 6.07) is 26.5. The standard InChI is InChI=1S/C25H27NO3/c27-23-15-13-21(14-16-23)18-24(25(28)29-19-22-10-5-2-6-11-22)26-17-7-12-20-8-3-1-4-9-20/h1-6,8-11,13-16,24,26-27H,7,12,17-19H2/t24-/m0/s1. The third-order valence-corrected chi connectivity index (χ3v) is 4.76. The van der Waals surface area contributed by atoms with E-state index in [0.717, 1.165) is 30.5 Å². The highest BCUT2D eigenvalue weighted by atomic mass is 16.5. The Morgan fingerprint density at radius 3 is 2.10 bits per heavy atom. The molecule has 0 bridgehead atoms. The SMILES string of the molecule is O=C(OCc1ccccc1)[C@H](Cc1ccc(O)cc1)NCCCc1ccccc1. The molecule has 0 unspecified atom stereocenters. The molecule has 150 valence electrons. The van der Waals surface area contributed by atoms with E-state index < -0.39 is 6.04 Å². The molecule has 0 amide bonds. The van der Waals surface area contributed by atoms with E-state index in [1.54, 1.807) is 12.1 Å². The van der Waals surface area contributed by atoms with E-state index in [0.29, 0.717) is 6.42 Å². The number of esters is 1. The highest BCUT2D eigenvalue weighted by Gasteiger charge is 2.20. The normalized spacial score (nSPS) is 11.7. The third-order valence-electron chi connectivity index (χ3n) is 4.76. The molecule has 0 aliphatic heterocycles. The second kappa shape index (κ2) is 11.0. The van der Waals surface area contributed by atoms with Crippen LogP contribution in [0.4, 0.5) is 0 Å². The summed E-state index contributed by atoms with van der Waals surface area (Å²) < 4.78 is 5.55. The monoisotopic (exact) mass is 389 g/mol. The minimum Gasteiger partial charge on any atom is -0.508 e. The van der Waals surface area contributed by atoms with Crippen LogP contribution < -0.4 is 5.32 Å². The molecular formula is C25H27NO3. The summed E-state index contributed by atoms with van der Waals surface area (Å²) in [6.07, 6.45) is 2.40. The van der Waals surface area contributed by atoms with E-state index >= 15 is 0 Å². The van der Waals surface area contributed by atoms with Gasteiger partial charge in [-0.3, -0.25) is 4.79 Å². The lowest BCUT2D eigenvalue weighted by atomic mass is 10.0. The molecule has 29 heavy (non-hydrogen) atoms. The van der Waals surface area contributed by atoms with Gasteiger partial charge >= 0.3 is 5.97 Å². The van der Waals surface area contributed by atoms with Crippen LogP contribution >= 0.6 is 0 Å². The van der Waals surface area contributed by atoms with Gasteiger partial charge in [0.15, 0.2) is 0 Å². The van der Waals surface area contributed by atoms with Crippen LogP contribution in [0.3, 0.4) is 0 Å². The summed E-state index contributed by atoms with van der Waals surface area (Å²) in [7, 11) is 0. The molecule has 0 radical (unpaired) electrons. The van der Waals surface area contributed by atoms with Gasteiger partial charge in [-0.1, -0.05) is 72.8 Å². The molecule has 0 spiro atoms. The van der Waals surface area contributed by atoms with Crippen molar-refractivity contribution in [1.29, 1.82) is 0 Å². The van der Waals surface area contributed by atoms with Gasteiger partial charge in [-0.2, -0.15) is 0 Å². The molecule has 0 saturated heterocycles. The van der Waals surface area contributed by atoms with Crippen molar-refractivity contribution < 1.29 is 14.6 Å². The number of ether oxygens (including phenoxy) is 1. The minimum atomic E-state index is -0.431. The van der Waals surface area contributed by atoms with Gasteiger partial charge in [-0.25, -0.2) is 0 Å². The molecule has 0 aliphatic rings. The van der Waals surface area contributed by atoms with Gasteiger partial charge in [0.1, 0.15) is 18.4 Å². The van der Waals surface area contributed by atoms with Crippen LogP contribution in [0.25, 0.3) is 0 Å². The number of phenols is 1. The van der Waals surface area contributed by atoms with E-state index in [2.05, 4.69) is 17.4 Å². The second-order valence-corrected chi connectivity index (χ2v) is 7.06. The molecule has 4 nitrogen and oxygen atoms in total. The van der Waals surface area contributed by atoms with Crippen molar-refractivity contribution in [2.75, 3.05) is 6.54 Å². The number of nitrogens with one attached hydrogen (secondary N) is 1. The first-order valence-corrected chi connectivity index (χ1v) is 9.96. The number of carbonyl (C=O) groups excluding carboxylic acids is 1. The minimum absolute atomic E-state index is 0.216. The Morgan fingerprint density at radius 2 is 1.45 bits per heavy atom. The molecule has 1 atom stereocenters. The Hall–Kier alpha value is -3.11. The number of hydrogen-bond donors (Lipinski definition) is 2. The third kappa shape index (κ3) is 7.09. The molecule has 0 fully saturated rings. The Labute approximate surface area is 172 Å². The summed E-state index contributed by atoms with van der Waals surface area (Å²) in [5.41, 5.74) is 3.23. The molecular weight excluding hydrogens is 362 g/mol. The largest absolute Gasteiger partial charge is 0.508 e. The van der Waals surface area contributed by atoms with Crippen LogP contribution in [0, 0.1) is 0 Å². The zero-order valence-electron chi connectivity index (χ0n) is 16.5. The van der Waals surface area contributed by atoms with E-state index in [1.165, 1.54) is 5.56 Å². The van der Waals surface area contributed by atoms with Crippen molar-refractivity contribution in [2.45, 2.75) is 31.9 Å². The Bertz CT molecular complexity index is 864. The van der Waals surface area contributed by atoms with Crippen molar-refractivity contribution in [3.8, 4) is 5.75 Å². The molecule has 3 aromatic carbocycles. The lowest BCUT2D eigenvalue weighted by Gasteiger charge is -2.18. The highest BCUT2D eigenvalue weighted by Crippen LogP contribution is 2.13. The van der Waals surface area contributed by atoms with E-state index in [1.807, 2.05) is 60.7 Å². The Morgan fingerprint density at radius 1 is 0.828 bits per heavy atom. The maximum absolute atomic E-state index is 12.7. The molecule has 2 N–H and O–H groups in total. The molecule has 3 aromatic rings. The van der Waals surface area contributed by atoms with Crippen LogP contribution in [-0.2, 0) is 29.0 Å². The first kappa shape index (κ1) is 20.6. The van der Waals surface area contributed by atoms with Crippen molar-refractivity contribution in [3.05, 3.63) is 102 Å². The van der Waals surface area contributed by atoms with Crippen molar-refractivity contribution in [1.82, 2.24) is 5.32 Å². The fourth-order valence-electron chi connectivity index (χ4n) is 3.15. The first-order valence-electron chi connectivity index (χ1n) is 9.96. The molecule has 0 aromatic heterocycles. The average molecular weight is 389 g/mol. The Kier molecular flexibility index (Phi) is 7.84. The van der Waals surface area contributed by atoms with Gasteiger partial charge in [0.2, 0.25) is 0 Å². The second-order valence-electron chi connectivity index (χ2n) is 7.06. The number of rotatable bonds is 10. The Balaban J connectivity index is 1.55. The number of phenolic OH excluding ortho intramolecular Hbond substituents is 1. The van der Waals surface area contributed by atoms with Gasteiger partial charge in [-0.15, -0.1) is 0 Å². The van der Waals surface area contributed by atoms with Crippen LogP contribution in [0.1, 0.15) is 23.1 Å². The predicted octanol–water partition coefficient (Wildman–Crippen LogP) is 4.27. The van der Waals surface area contributed by atoms with Crippen molar-refractivity contribution in [3.63, 3.8) is 0 Å². The van der Waals surface area contributed by atoms with Crippen LogP contribution in [0.2, 0.25) is 0 Å². The van der Waals surface area contributed by atoms with Gasteiger partial charge < -0.3 is 15.2 Å². The fourth-order valence-corrected chi connectivity index (χ4v) is 3.15. The van der Waals surface area contributed by atoms with Crippen LogP contribution in [0.5, 0.6) is 5.75 Å². The highest BCUT2D eigenvalue weighted by molar-refractivity contribution is 5.76. The van der Waals surface area contributed by atoms with E-state index in [-0.39, 0.29) is 18.3 Å². The maximum Gasteiger partial charge on any atom is 0.323 e. The molecule has 3 rings (SSSR count). The quantitative estimate of drug-likeness (QED) is 0.402. The van der Waals surface area contributed by atoms with Gasteiger partial charge in [0.05, 0.1) is 0 Å². The predicted molar refractivity (Wildman–Crippen MR) is 115 cm³/mol. The van der Waals surface area contributed by atoms with Gasteiger partial charge in [0.25, 0.3) is 0 Å². The summed E-state index contributed by atoms with van der Waals surface area (Å²) in [5.74, 6) is -0.0468. The zero-order valence-corrected chi connectivity index (χ0v) is 16.5. The van der Waals surface area contributed by atoms with E-state index in [4.69, 9.17) is 4.74 Å². The maximum atomic E-state index is 12.7.